The van der Waals surface area contributed by atoms with Crippen LogP contribution in [0.5, 0.6) is 0 Å². The van der Waals surface area contributed by atoms with Crippen LogP contribution < -0.4 is 4.72 Å². The molecule has 1 aliphatic rings. The Hall–Kier alpha value is -3.90. The van der Waals surface area contributed by atoms with Gasteiger partial charge in [-0.1, -0.05) is 47.7 Å². The molecule has 42 heavy (non-hydrogen) atoms. The molecule has 11 heteroatoms. The summed E-state index contributed by atoms with van der Waals surface area (Å²) >= 11 is 1.52. The highest BCUT2D eigenvalue weighted by Crippen LogP contribution is 2.32. The van der Waals surface area contributed by atoms with E-state index in [1.807, 2.05) is 46.8 Å². The van der Waals surface area contributed by atoms with Gasteiger partial charge in [-0.2, -0.15) is 0 Å². The molecule has 3 aromatic carbocycles. The van der Waals surface area contributed by atoms with Gasteiger partial charge in [0, 0.05) is 47.7 Å². The number of nitrogens with zero attached hydrogens (tertiary/aromatic N) is 5. The second-order valence-corrected chi connectivity index (χ2v) is 13.5. The first kappa shape index (κ1) is 28.2. The first-order chi connectivity index (χ1) is 20.2. The Labute approximate surface area is 249 Å². The Bertz CT molecular complexity index is 1840. The molecule has 2 aromatic heterocycles. The molecule has 1 fully saturated rings. The van der Waals surface area contributed by atoms with Crippen LogP contribution in [0.1, 0.15) is 29.9 Å². The Morgan fingerprint density at radius 2 is 1.74 bits per heavy atom. The Morgan fingerprint density at radius 3 is 2.45 bits per heavy atom. The minimum absolute atomic E-state index is 0.0536. The van der Waals surface area contributed by atoms with Gasteiger partial charge in [-0.25, -0.2) is 17.8 Å². The Kier molecular flexibility index (Phi) is 7.67. The van der Waals surface area contributed by atoms with Gasteiger partial charge in [0.2, 0.25) is 10.0 Å². The lowest BCUT2D eigenvalue weighted by Gasteiger charge is -2.44. The van der Waals surface area contributed by atoms with Crippen LogP contribution in [-0.2, 0) is 16.6 Å². The summed E-state index contributed by atoms with van der Waals surface area (Å²) in [5.74, 6) is -0.174. The summed E-state index contributed by atoms with van der Waals surface area (Å²) in [6.45, 7) is 5.83. The summed E-state index contributed by atoms with van der Waals surface area (Å²) in [6.07, 6.45) is 1.96. The molecule has 5 aromatic rings. The lowest BCUT2D eigenvalue weighted by Crippen LogP contribution is -2.57. The zero-order chi connectivity index (χ0) is 29.4. The number of aromatic nitrogens is 3. The molecule has 1 aliphatic heterocycles. The van der Waals surface area contributed by atoms with Crippen molar-refractivity contribution in [1.82, 2.24) is 29.5 Å². The van der Waals surface area contributed by atoms with Crippen molar-refractivity contribution in [2.75, 3.05) is 20.1 Å². The fourth-order valence-electron chi connectivity index (χ4n) is 5.64. The maximum absolute atomic E-state index is 14.0. The molecule has 2 atom stereocenters. The van der Waals surface area contributed by atoms with Gasteiger partial charge in [0.25, 0.3) is 5.91 Å². The van der Waals surface area contributed by atoms with Crippen LogP contribution in [0.4, 0.5) is 0 Å². The van der Waals surface area contributed by atoms with E-state index in [0.29, 0.717) is 25.2 Å². The van der Waals surface area contributed by atoms with E-state index in [9.17, 15) is 13.2 Å². The van der Waals surface area contributed by atoms with Gasteiger partial charge >= 0.3 is 0 Å². The number of piperazine rings is 1. The van der Waals surface area contributed by atoms with E-state index < -0.39 is 10.0 Å². The van der Waals surface area contributed by atoms with Gasteiger partial charge in [0.05, 0.1) is 22.5 Å². The van der Waals surface area contributed by atoms with Crippen molar-refractivity contribution < 1.29 is 13.2 Å². The summed E-state index contributed by atoms with van der Waals surface area (Å²) in [4.78, 5) is 19.1. The van der Waals surface area contributed by atoms with Gasteiger partial charge in [0.15, 0.2) is 0 Å². The fraction of sp³-hybridized carbons (Fsp3) is 0.258. The molecule has 9 nitrogen and oxygen atoms in total. The lowest BCUT2D eigenvalue weighted by molar-refractivity contribution is 0.0264. The highest BCUT2D eigenvalue weighted by molar-refractivity contribution is 7.89. The Balaban J connectivity index is 1.21. The van der Waals surface area contributed by atoms with Crippen molar-refractivity contribution in [1.29, 1.82) is 0 Å². The maximum Gasteiger partial charge on any atom is 0.254 e. The van der Waals surface area contributed by atoms with Crippen molar-refractivity contribution in [3.63, 3.8) is 0 Å². The first-order valence-corrected chi connectivity index (χ1v) is 16.2. The number of fused-ring (bicyclic) bond motifs is 1. The average Bonchev–Trinajstić information content (AvgIpc) is 3.71. The summed E-state index contributed by atoms with van der Waals surface area (Å²) in [5.41, 5.74) is 2.93. The van der Waals surface area contributed by atoms with Crippen LogP contribution in [0.3, 0.4) is 0 Å². The van der Waals surface area contributed by atoms with Crippen molar-refractivity contribution in [3.05, 3.63) is 95.6 Å². The van der Waals surface area contributed by atoms with E-state index in [2.05, 4.69) is 58.0 Å². The predicted molar refractivity (Wildman–Crippen MR) is 165 cm³/mol. The maximum atomic E-state index is 14.0. The quantitative estimate of drug-likeness (QED) is 0.288. The van der Waals surface area contributed by atoms with Crippen molar-refractivity contribution in [3.8, 4) is 16.1 Å². The van der Waals surface area contributed by atoms with Gasteiger partial charge in [-0.15, -0.1) is 16.4 Å². The van der Waals surface area contributed by atoms with Gasteiger partial charge < -0.3 is 4.90 Å². The zero-order valence-electron chi connectivity index (χ0n) is 23.6. The van der Waals surface area contributed by atoms with E-state index in [0.717, 1.165) is 27.2 Å². The van der Waals surface area contributed by atoms with E-state index >= 15 is 0 Å². The van der Waals surface area contributed by atoms with Crippen LogP contribution in [0, 0.1) is 0 Å². The number of hydrogen-bond acceptors (Lipinski definition) is 7. The largest absolute Gasteiger partial charge is 0.336 e. The molecule has 216 valence electrons. The number of thiophene rings is 1. The van der Waals surface area contributed by atoms with E-state index in [1.165, 1.54) is 29.8 Å². The minimum atomic E-state index is -3.70. The average molecular weight is 601 g/mol. The molecule has 0 radical (unpaired) electrons. The third kappa shape index (κ3) is 5.48. The zero-order valence-corrected chi connectivity index (χ0v) is 25.3. The minimum Gasteiger partial charge on any atom is -0.336 e. The molecule has 1 amide bonds. The molecule has 0 aliphatic carbocycles. The van der Waals surface area contributed by atoms with Crippen molar-refractivity contribution >= 4 is 38.0 Å². The summed E-state index contributed by atoms with van der Waals surface area (Å²) in [5, 5.41) is 13.1. The lowest BCUT2D eigenvalue weighted by atomic mass is 10.0. The van der Waals surface area contributed by atoms with E-state index in [1.54, 1.807) is 16.8 Å². The fourth-order valence-corrected chi connectivity index (χ4v) is 7.16. The molecule has 6 rings (SSSR count). The van der Waals surface area contributed by atoms with E-state index in [-0.39, 0.29) is 22.9 Å². The normalized spacial score (nSPS) is 18.0. The molecule has 0 unspecified atom stereocenters. The van der Waals surface area contributed by atoms with Crippen LogP contribution >= 0.6 is 11.3 Å². The second-order valence-electron chi connectivity index (χ2n) is 10.7. The molecule has 3 heterocycles. The van der Waals surface area contributed by atoms with Gasteiger partial charge in [0.1, 0.15) is 0 Å². The van der Waals surface area contributed by atoms with Crippen LogP contribution in [0.2, 0.25) is 0 Å². The van der Waals surface area contributed by atoms with Crippen molar-refractivity contribution in [2.45, 2.75) is 37.4 Å². The molecular weight excluding hydrogens is 569 g/mol. The third-order valence-corrected chi connectivity index (χ3v) is 10.2. The molecule has 0 spiro atoms. The standard InChI is InChI=1S/C31H32N6O3S2/c1-21-17-35(31(38)29-16-27(42(39,40)32-3)12-13-28(29)30-9-6-14-41-30)18-22(2)36(21)19-25-20-37(34-33-25)26-11-10-23-7-4-5-8-24(23)15-26/h4-16,20-22,32H,17-19H2,1-3H3/t21-,22+. The van der Waals surface area contributed by atoms with Crippen LogP contribution in [-0.4, -0.2) is 71.3 Å². The molecule has 0 bridgehead atoms. The number of rotatable bonds is 7. The predicted octanol–water partition coefficient (Wildman–Crippen LogP) is 4.79. The smallest absolute Gasteiger partial charge is 0.254 e. The second kappa shape index (κ2) is 11.4. The number of benzene rings is 3. The number of carbonyl (C=O) groups is 1. The topological polar surface area (TPSA) is 100 Å². The summed E-state index contributed by atoms with van der Waals surface area (Å²) in [7, 11) is -2.34. The third-order valence-electron chi connectivity index (χ3n) is 7.86. The highest BCUT2D eigenvalue weighted by Gasteiger charge is 2.34. The van der Waals surface area contributed by atoms with E-state index in [4.69, 9.17) is 0 Å². The molecule has 1 saturated heterocycles. The number of carbonyl (C=O) groups excluding carboxylic acids is 1. The van der Waals surface area contributed by atoms with Crippen LogP contribution in [0.15, 0.2) is 89.3 Å². The molecule has 0 saturated carbocycles. The number of hydrogen-bond donors (Lipinski definition) is 1. The van der Waals surface area contributed by atoms with Gasteiger partial charge in [-0.05, 0) is 67.4 Å². The summed E-state index contributed by atoms with van der Waals surface area (Å²) in [6, 6.07) is 23.2. The molecular formula is C31H32N6O3S2. The number of nitrogens with one attached hydrogen (secondary N) is 1. The summed E-state index contributed by atoms with van der Waals surface area (Å²) < 4.78 is 29.3. The Morgan fingerprint density at radius 1 is 0.976 bits per heavy atom. The number of amides is 1. The highest BCUT2D eigenvalue weighted by atomic mass is 32.2. The molecule has 1 N–H and O–H groups in total. The SMILES string of the molecule is CNS(=O)(=O)c1ccc(-c2cccs2)c(C(=O)N2C[C@@H](C)N(Cc3cn(-c4ccc5ccccc5c4)nn3)[C@@H](C)C2)c1. The number of sulfonamides is 1. The monoisotopic (exact) mass is 600 g/mol. The first-order valence-electron chi connectivity index (χ1n) is 13.8. The van der Waals surface area contributed by atoms with Crippen LogP contribution in [0.25, 0.3) is 26.9 Å². The van der Waals surface area contributed by atoms with Gasteiger partial charge in [-0.3, -0.25) is 9.69 Å². The van der Waals surface area contributed by atoms with Crippen molar-refractivity contribution in [2.24, 2.45) is 0 Å².